The summed E-state index contributed by atoms with van der Waals surface area (Å²) < 4.78 is 57.6. The summed E-state index contributed by atoms with van der Waals surface area (Å²) in [6.07, 6.45) is 0. The average Bonchev–Trinajstić information content (AvgIpc) is 2.71. The zero-order chi connectivity index (χ0) is 23.4. The van der Waals surface area contributed by atoms with Crippen LogP contribution in [-0.2, 0) is 31.4 Å². The summed E-state index contributed by atoms with van der Waals surface area (Å²) in [4.78, 5) is 12.4. The molecule has 0 aromatic heterocycles. The molecule has 2 aromatic rings. The summed E-state index contributed by atoms with van der Waals surface area (Å²) in [6, 6.07) is 8.95. The van der Waals surface area contributed by atoms with E-state index in [2.05, 4.69) is 10.0 Å². The Morgan fingerprint density at radius 1 is 1.06 bits per heavy atom. The maximum absolute atomic E-state index is 12.5. The van der Waals surface area contributed by atoms with Crippen molar-refractivity contribution in [3.8, 4) is 5.75 Å². The van der Waals surface area contributed by atoms with Gasteiger partial charge in [0.15, 0.2) is 0 Å². The van der Waals surface area contributed by atoms with E-state index in [1.54, 1.807) is 12.1 Å². The van der Waals surface area contributed by atoms with Crippen LogP contribution in [0.2, 0.25) is 5.02 Å². The third-order valence-electron chi connectivity index (χ3n) is 4.33. The molecule has 0 aliphatic rings. The van der Waals surface area contributed by atoms with Crippen molar-refractivity contribution < 1.29 is 26.4 Å². The fraction of sp³-hybridized carbons (Fsp3) is 0.316. The van der Waals surface area contributed by atoms with Crippen LogP contribution in [0, 0.1) is 0 Å². The number of nitrogens with zero attached hydrogens (tertiary/aromatic N) is 1. The standard InChI is InChI=1S/C19H24ClN3O6S2/c1-13(22-30(25,26)16-9-10-18(29-4)17(20)11-16)19(24)21-12-14-5-7-15(8-6-14)31(27,28)23(2)3/h5-11,13,22H,12H2,1-4H3,(H,21,24). The molecule has 9 nitrogen and oxygen atoms in total. The van der Waals surface area contributed by atoms with Crippen molar-refractivity contribution in [3.63, 3.8) is 0 Å². The molecule has 1 unspecified atom stereocenters. The van der Waals surface area contributed by atoms with Gasteiger partial charge < -0.3 is 10.1 Å². The van der Waals surface area contributed by atoms with Crippen LogP contribution in [-0.4, -0.2) is 54.3 Å². The molecule has 0 heterocycles. The van der Waals surface area contributed by atoms with Gasteiger partial charge in [-0.1, -0.05) is 23.7 Å². The van der Waals surface area contributed by atoms with Crippen molar-refractivity contribution in [2.75, 3.05) is 21.2 Å². The van der Waals surface area contributed by atoms with E-state index in [1.807, 2.05) is 0 Å². The van der Waals surface area contributed by atoms with E-state index in [0.29, 0.717) is 11.3 Å². The highest BCUT2D eigenvalue weighted by atomic mass is 35.5. The zero-order valence-electron chi connectivity index (χ0n) is 17.4. The Balaban J connectivity index is 2.00. The number of amides is 1. The van der Waals surface area contributed by atoms with E-state index in [4.69, 9.17) is 16.3 Å². The van der Waals surface area contributed by atoms with Gasteiger partial charge in [0.2, 0.25) is 26.0 Å². The number of halogens is 1. The van der Waals surface area contributed by atoms with Crippen molar-refractivity contribution >= 4 is 37.6 Å². The molecule has 12 heteroatoms. The second-order valence-corrected chi connectivity index (χ2v) is 11.1. The van der Waals surface area contributed by atoms with Crippen LogP contribution in [0.15, 0.2) is 52.3 Å². The van der Waals surface area contributed by atoms with Gasteiger partial charge in [-0.3, -0.25) is 4.79 Å². The minimum Gasteiger partial charge on any atom is -0.495 e. The van der Waals surface area contributed by atoms with Gasteiger partial charge in [0.25, 0.3) is 0 Å². The Kier molecular flexibility index (Phi) is 8.06. The first-order chi connectivity index (χ1) is 14.4. The van der Waals surface area contributed by atoms with Crippen molar-refractivity contribution in [2.45, 2.75) is 29.3 Å². The first-order valence-electron chi connectivity index (χ1n) is 9.03. The number of hydrogen-bond acceptors (Lipinski definition) is 6. The molecule has 170 valence electrons. The summed E-state index contributed by atoms with van der Waals surface area (Å²) in [7, 11) is -3.24. The van der Waals surface area contributed by atoms with Crippen LogP contribution >= 0.6 is 11.6 Å². The fourth-order valence-corrected chi connectivity index (χ4v) is 4.95. The highest BCUT2D eigenvalue weighted by molar-refractivity contribution is 7.89. The van der Waals surface area contributed by atoms with E-state index in [9.17, 15) is 21.6 Å². The largest absolute Gasteiger partial charge is 0.495 e. The number of nitrogens with one attached hydrogen (secondary N) is 2. The van der Waals surface area contributed by atoms with Crippen LogP contribution < -0.4 is 14.8 Å². The topological polar surface area (TPSA) is 122 Å². The Morgan fingerprint density at radius 3 is 2.16 bits per heavy atom. The number of ether oxygens (including phenoxy) is 1. The first kappa shape index (κ1) is 25.1. The van der Waals surface area contributed by atoms with E-state index in [-0.39, 0.29) is 21.4 Å². The molecular formula is C19H24ClN3O6S2. The number of sulfonamides is 2. The molecule has 1 amide bonds. The van der Waals surface area contributed by atoms with Crippen molar-refractivity contribution in [1.29, 1.82) is 0 Å². The van der Waals surface area contributed by atoms with Crippen LogP contribution in [0.3, 0.4) is 0 Å². The van der Waals surface area contributed by atoms with E-state index < -0.39 is 32.0 Å². The van der Waals surface area contributed by atoms with Gasteiger partial charge in [0.05, 0.1) is 28.0 Å². The minimum atomic E-state index is -3.99. The Labute approximate surface area is 187 Å². The number of carbonyl (C=O) groups is 1. The van der Waals surface area contributed by atoms with Gasteiger partial charge in [0.1, 0.15) is 5.75 Å². The molecule has 1 atom stereocenters. The molecular weight excluding hydrogens is 466 g/mol. The lowest BCUT2D eigenvalue weighted by atomic mass is 10.2. The molecule has 0 bridgehead atoms. The number of methoxy groups -OCH3 is 1. The molecule has 0 fully saturated rings. The van der Waals surface area contributed by atoms with Gasteiger partial charge in [0, 0.05) is 20.6 Å². The zero-order valence-corrected chi connectivity index (χ0v) is 19.8. The van der Waals surface area contributed by atoms with Gasteiger partial charge in [-0.25, -0.2) is 21.1 Å². The normalized spacial score (nSPS) is 13.1. The Morgan fingerprint density at radius 2 is 1.65 bits per heavy atom. The first-order valence-corrected chi connectivity index (χ1v) is 12.3. The number of hydrogen-bond donors (Lipinski definition) is 2. The molecule has 31 heavy (non-hydrogen) atoms. The molecule has 0 spiro atoms. The lowest BCUT2D eigenvalue weighted by Gasteiger charge is -2.15. The third-order valence-corrected chi connectivity index (χ3v) is 7.99. The quantitative estimate of drug-likeness (QED) is 0.551. The maximum atomic E-state index is 12.5. The predicted octanol–water partition coefficient (Wildman–Crippen LogP) is 1.58. The van der Waals surface area contributed by atoms with Crippen molar-refractivity contribution in [1.82, 2.24) is 14.3 Å². The summed E-state index contributed by atoms with van der Waals surface area (Å²) in [5.41, 5.74) is 0.656. The summed E-state index contributed by atoms with van der Waals surface area (Å²) in [6.45, 7) is 1.51. The third kappa shape index (κ3) is 6.17. The number of carbonyl (C=O) groups excluding carboxylic acids is 1. The van der Waals surface area contributed by atoms with Crippen LogP contribution in [0.25, 0.3) is 0 Å². The van der Waals surface area contributed by atoms with Crippen LogP contribution in [0.1, 0.15) is 12.5 Å². The molecule has 0 aliphatic carbocycles. The lowest BCUT2D eigenvalue weighted by molar-refractivity contribution is -0.122. The number of rotatable bonds is 9. The molecule has 2 aromatic carbocycles. The molecule has 0 radical (unpaired) electrons. The molecule has 0 aliphatic heterocycles. The summed E-state index contributed by atoms with van der Waals surface area (Å²) in [5, 5.41) is 2.74. The smallest absolute Gasteiger partial charge is 0.242 e. The van der Waals surface area contributed by atoms with Gasteiger partial charge in [-0.05, 0) is 42.8 Å². The van der Waals surface area contributed by atoms with Gasteiger partial charge in [-0.15, -0.1) is 0 Å². The van der Waals surface area contributed by atoms with Crippen molar-refractivity contribution in [2.24, 2.45) is 0 Å². The number of benzene rings is 2. The maximum Gasteiger partial charge on any atom is 0.242 e. The van der Waals surface area contributed by atoms with Gasteiger partial charge in [-0.2, -0.15) is 4.72 Å². The second-order valence-electron chi connectivity index (χ2n) is 6.79. The van der Waals surface area contributed by atoms with E-state index in [0.717, 1.165) is 4.31 Å². The molecule has 2 N–H and O–H groups in total. The minimum absolute atomic E-state index is 0.0988. The van der Waals surface area contributed by atoms with Crippen molar-refractivity contribution in [3.05, 3.63) is 53.1 Å². The predicted molar refractivity (Wildman–Crippen MR) is 117 cm³/mol. The van der Waals surface area contributed by atoms with E-state index in [1.165, 1.54) is 58.5 Å². The highest BCUT2D eigenvalue weighted by Crippen LogP contribution is 2.26. The van der Waals surface area contributed by atoms with Crippen LogP contribution in [0.5, 0.6) is 5.75 Å². The summed E-state index contributed by atoms with van der Waals surface area (Å²) >= 11 is 5.97. The van der Waals surface area contributed by atoms with E-state index >= 15 is 0 Å². The SMILES string of the molecule is COc1ccc(S(=O)(=O)NC(C)C(=O)NCc2ccc(S(=O)(=O)N(C)C)cc2)cc1Cl. The average molecular weight is 490 g/mol. The van der Waals surface area contributed by atoms with Gasteiger partial charge >= 0.3 is 0 Å². The Bertz CT molecular complexity index is 1150. The monoisotopic (exact) mass is 489 g/mol. The second kappa shape index (κ2) is 9.96. The molecule has 0 saturated carbocycles. The molecule has 0 saturated heterocycles. The van der Waals surface area contributed by atoms with Crippen LogP contribution in [0.4, 0.5) is 0 Å². The summed E-state index contributed by atoms with van der Waals surface area (Å²) in [5.74, 6) is -0.219. The fourth-order valence-electron chi connectivity index (χ4n) is 2.50. The lowest BCUT2D eigenvalue weighted by Crippen LogP contribution is -2.44. The highest BCUT2D eigenvalue weighted by Gasteiger charge is 2.23. The Hall–Kier alpha value is -2.18. The molecule has 2 rings (SSSR count).